The molecule has 0 unspecified atom stereocenters. The number of nitrogens with two attached hydrogens (primary N) is 1. The topological polar surface area (TPSA) is 115 Å². The van der Waals surface area contributed by atoms with Crippen LogP contribution < -0.4 is 11.1 Å². The molecule has 0 atom stereocenters. The molecule has 0 aliphatic rings. The van der Waals surface area contributed by atoms with E-state index in [1.807, 2.05) is 0 Å². The summed E-state index contributed by atoms with van der Waals surface area (Å²) in [5.74, 6) is -1.24. The number of aliphatic hydroxyl groups excluding tert-OH is 1. The van der Waals surface area contributed by atoms with Crippen molar-refractivity contribution in [3.63, 3.8) is 0 Å². The molecule has 21 heavy (non-hydrogen) atoms. The Kier molecular flexibility index (Phi) is 4.80. The van der Waals surface area contributed by atoms with Crippen LogP contribution in [0, 0.1) is 5.82 Å². The molecule has 0 spiro atoms. The van der Waals surface area contributed by atoms with Crippen LogP contribution in [0.2, 0.25) is 0 Å². The Morgan fingerprint density at radius 2 is 2.33 bits per heavy atom. The highest BCUT2D eigenvalue weighted by Gasteiger charge is 2.17. The Hall–Kier alpha value is -2.52. The van der Waals surface area contributed by atoms with Gasteiger partial charge in [0.15, 0.2) is 0 Å². The third-order valence-corrected chi connectivity index (χ3v) is 2.42. The third-order valence-electron chi connectivity index (χ3n) is 2.42. The number of halogens is 1. The molecule has 1 aromatic carbocycles. The molecule has 0 radical (unpaired) electrons. The maximum Gasteiger partial charge on any atom is 0.293 e. The van der Waals surface area contributed by atoms with Crippen molar-refractivity contribution in [3.05, 3.63) is 35.9 Å². The van der Waals surface area contributed by atoms with Gasteiger partial charge in [-0.1, -0.05) is 6.07 Å². The second-order valence-electron chi connectivity index (χ2n) is 4.02. The fraction of sp³-hybridized carbons (Fsp3) is 0.250. The van der Waals surface area contributed by atoms with Gasteiger partial charge in [0.25, 0.3) is 5.91 Å². The van der Waals surface area contributed by atoms with Gasteiger partial charge in [0, 0.05) is 5.69 Å². The smallest absolute Gasteiger partial charge is 0.293 e. The largest absolute Gasteiger partial charge is 0.394 e. The number of aromatic nitrogens is 3. The van der Waals surface area contributed by atoms with Crippen molar-refractivity contribution in [1.29, 1.82) is 0 Å². The van der Waals surface area contributed by atoms with Gasteiger partial charge in [0.1, 0.15) is 12.5 Å². The highest BCUT2D eigenvalue weighted by molar-refractivity contribution is 6.01. The first-order valence-corrected chi connectivity index (χ1v) is 6.06. The molecule has 0 bridgehead atoms. The van der Waals surface area contributed by atoms with Gasteiger partial charge in [-0.25, -0.2) is 9.07 Å². The van der Waals surface area contributed by atoms with Gasteiger partial charge in [-0.15, -0.1) is 5.10 Å². The van der Waals surface area contributed by atoms with Gasteiger partial charge >= 0.3 is 0 Å². The minimum Gasteiger partial charge on any atom is -0.394 e. The lowest BCUT2D eigenvalue weighted by atomic mass is 10.3. The van der Waals surface area contributed by atoms with Gasteiger partial charge < -0.3 is 20.9 Å². The highest BCUT2D eigenvalue weighted by Crippen LogP contribution is 2.11. The molecule has 112 valence electrons. The van der Waals surface area contributed by atoms with Crippen LogP contribution in [0.25, 0.3) is 0 Å². The fourth-order valence-electron chi connectivity index (χ4n) is 1.59. The second-order valence-corrected chi connectivity index (χ2v) is 4.02. The summed E-state index contributed by atoms with van der Waals surface area (Å²) in [4.78, 5) is 15.9. The number of rotatable bonds is 6. The van der Waals surface area contributed by atoms with Crippen molar-refractivity contribution in [2.24, 2.45) is 0 Å². The summed E-state index contributed by atoms with van der Waals surface area (Å²) in [5, 5.41) is 14.9. The van der Waals surface area contributed by atoms with E-state index in [4.69, 9.17) is 15.6 Å². The second kappa shape index (κ2) is 6.77. The van der Waals surface area contributed by atoms with Crippen molar-refractivity contribution >= 4 is 17.5 Å². The number of amides is 1. The predicted molar refractivity (Wildman–Crippen MR) is 71.8 cm³/mol. The zero-order valence-electron chi connectivity index (χ0n) is 11.0. The summed E-state index contributed by atoms with van der Waals surface area (Å²) < 4.78 is 19.3. The molecule has 0 aliphatic heterocycles. The zero-order chi connectivity index (χ0) is 15.2. The molecule has 1 heterocycles. The molecule has 1 amide bonds. The summed E-state index contributed by atoms with van der Waals surface area (Å²) in [6, 6.07) is 5.44. The number of benzene rings is 1. The monoisotopic (exact) mass is 295 g/mol. The molecule has 0 saturated carbocycles. The van der Waals surface area contributed by atoms with Crippen LogP contribution in [0.15, 0.2) is 24.3 Å². The molecule has 0 aliphatic carbocycles. The average Bonchev–Trinajstić information content (AvgIpc) is 2.80. The first-order valence-electron chi connectivity index (χ1n) is 6.06. The average molecular weight is 295 g/mol. The van der Waals surface area contributed by atoms with Crippen molar-refractivity contribution in [2.45, 2.75) is 6.73 Å². The number of carbonyl (C=O) groups is 1. The Morgan fingerprint density at radius 1 is 1.52 bits per heavy atom. The van der Waals surface area contributed by atoms with Gasteiger partial charge in [0.2, 0.25) is 11.8 Å². The van der Waals surface area contributed by atoms with E-state index in [9.17, 15) is 9.18 Å². The van der Waals surface area contributed by atoms with Gasteiger partial charge in [-0.2, -0.15) is 4.98 Å². The molecule has 9 heteroatoms. The number of ether oxygens (including phenoxy) is 1. The van der Waals surface area contributed by atoms with Crippen molar-refractivity contribution < 1.29 is 19.0 Å². The minimum absolute atomic E-state index is 0.0744. The van der Waals surface area contributed by atoms with Crippen LogP contribution in [-0.4, -0.2) is 39.0 Å². The maximum absolute atomic E-state index is 13.1. The van der Waals surface area contributed by atoms with E-state index in [0.29, 0.717) is 0 Å². The summed E-state index contributed by atoms with van der Waals surface area (Å²) >= 11 is 0. The van der Waals surface area contributed by atoms with Gasteiger partial charge in [-0.05, 0) is 18.2 Å². The highest BCUT2D eigenvalue weighted by atomic mass is 19.1. The van der Waals surface area contributed by atoms with Crippen LogP contribution in [0.4, 0.5) is 16.0 Å². The quantitative estimate of drug-likeness (QED) is 0.657. The molecule has 2 rings (SSSR count). The standard InChI is InChI=1S/C12H14FN5O3/c13-8-2-1-3-9(6-8)15-11(20)10-16-12(14)17-18(10)7-21-5-4-19/h1-3,6,19H,4-5,7H2,(H2,14,17)(H,15,20). The number of nitrogens with zero attached hydrogens (tertiary/aromatic N) is 3. The van der Waals surface area contributed by atoms with Gasteiger partial charge in [0.05, 0.1) is 13.2 Å². The number of anilines is 2. The first-order chi connectivity index (χ1) is 10.1. The summed E-state index contributed by atoms with van der Waals surface area (Å²) in [6.07, 6.45) is 0. The predicted octanol–water partition coefficient (Wildman–Crippen LogP) is 0.218. The van der Waals surface area contributed by atoms with E-state index >= 15 is 0 Å². The lowest BCUT2D eigenvalue weighted by molar-refractivity contribution is 0.0401. The summed E-state index contributed by atoms with van der Waals surface area (Å²) in [5.41, 5.74) is 5.73. The van der Waals surface area contributed by atoms with E-state index in [1.54, 1.807) is 0 Å². The normalized spacial score (nSPS) is 10.6. The molecule has 8 nitrogen and oxygen atoms in total. The molecule has 0 saturated heterocycles. The van der Waals surface area contributed by atoms with E-state index < -0.39 is 11.7 Å². The minimum atomic E-state index is -0.600. The lowest BCUT2D eigenvalue weighted by Crippen LogP contribution is -2.20. The Bertz CT molecular complexity index is 631. The van der Waals surface area contributed by atoms with Crippen LogP contribution in [0.5, 0.6) is 0 Å². The Labute approximate surface area is 119 Å². The molecular formula is C12H14FN5O3. The van der Waals surface area contributed by atoms with E-state index in [2.05, 4.69) is 15.4 Å². The van der Waals surface area contributed by atoms with Crippen molar-refractivity contribution in [2.75, 3.05) is 24.3 Å². The Balaban J connectivity index is 2.11. The van der Waals surface area contributed by atoms with Gasteiger partial charge in [-0.3, -0.25) is 4.79 Å². The van der Waals surface area contributed by atoms with E-state index in [-0.39, 0.29) is 37.4 Å². The van der Waals surface area contributed by atoms with E-state index in [0.717, 1.165) is 4.68 Å². The number of nitrogen functional groups attached to an aromatic ring is 1. The van der Waals surface area contributed by atoms with Crippen molar-refractivity contribution in [1.82, 2.24) is 14.8 Å². The number of aliphatic hydroxyl groups is 1. The lowest BCUT2D eigenvalue weighted by Gasteiger charge is -2.07. The number of hydrogen-bond acceptors (Lipinski definition) is 6. The van der Waals surface area contributed by atoms with Crippen LogP contribution in [0.1, 0.15) is 10.6 Å². The third kappa shape index (κ3) is 3.97. The molecule has 0 fully saturated rings. The van der Waals surface area contributed by atoms with Crippen LogP contribution in [-0.2, 0) is 11.5 Å². The van der Waals surface area contributed by atoms with Crippen molar-refractivity contribution in [3.8, 4) is 0 Å². The maximum atomic E-state index is 13.1. The van der Waals surface area contributed by atoms with E-state index in [1.165, 1.54) is 24.3 Å². The molecular weight excluding hydrogens is 281 g/mol. The van der Waals surface area contributed by atoms with Crippen LogP contribution >= 0.6 is 0 Å². The number of carbonyl (C=O) groups excluding carboxylic acids is 1. The number of nitrogens with one attached hydrogen (secondary N) is 1. The summed E-state index contributed by atoms with van der Waals surface area (Å²) in [6.45, 7) is -0.156. The fourth-order valence-corrected chi connectivity index (χ4v) is 1.59. The first kappa shape index (κ1) is 14.9. The Morgan fingerprint density at radius 3 is 3.05 bits per heavy atom. The number of hydrogen-bond donors (Lipinski definition) is 3. The molecule has 4 N–H and O–H groups in total. The molecule has 2 aromatic rings. The van der Waals surface area contributed by atoms with Crippen LogP contribution in [0.3, 0.4) is 0 Å². The summed E-state index contributed by atoms with van der Waals surface area (Å²) in [7, 11) is 0. The SMILES string of the molecule is Nc1nc(C(=O)Nc2cccc(F)c2)n(COCCO)n1. The molecule has 1 aromatic heterocycles. The zero-order valence-corrected chi connectivity index (χ0v) is 11.0.